The van der Waals surface area contributed by atoms with Crippen LogP contribution in [0, 0.1) is 19.8 Å². The molecule has 3 heteroatoms. The lowest BCUT2D eigenvalue weighted by Crippen LogP contribution is -2.29. The summed E-state index contributed by atoms with van der Waals surface area (Å²) >= 11 is 0. The Morgan fingerprint density at radius 1 is 1.27 bits per heavy atom. The van der Waals surface area contributed by atoms with Crippen LogP contribution in [-0.2, 0) is 9.53 Å². The molecule has 1 amide bonds. The number of carbonyl (C=O) groups excluding carboxylic acids is 1. The number of nitrogens with one attached hydrogen (secondary N) is 1. The fraction of sp³-hybridized carbons (Fsp3) is 0.632. The summed E-state index contributed by atoms with van der Waals surface area (Å²) in [5.74, 6) is 1.19. The highest BCUT2D eigenvalue weighted by Crippen LogP contribution is 2.44. The Kier molecular flexibility index (Phi) is 6.01. The molecular weight excluding hydrogens is 274 g/mol. The smallest absolute Gasteiger partial charge is 0.220 e. The first kappa shape index (κ1) is 17.0. The van der Waals surface area contributed by atoms with E-state index in [0.717, 1.165) is 0 Å². The number of hydrogen-bond acceptors (Lipinski definition) is 2. The molecule has 0 aromatic heterocycles. The maximum Gasteiger partial charge on any atom is 0.220 e. The molecule has 0 aliphatic heterocycles. The Morgan fingerprint density at radius 2 is 2.00 bits per heavy atom. The number of amides is 1. The first-order valence-corrected chi connectivity index (χ1v) is 8.43. The number of carbonyl (C=O) groups is 1. The van der Waals surface area contributed by atoms with Gasteiger partial charge in [-0.3, -0.25) is 4.79 Å². The monoisotopic (exact) mass is 303 g/mol. The molecule has 2 rings (SSSR count). The molecule has 1 saturated carbocycles. The molecule has 1 atom stereocenters. The van der Waals surface area contributed by atoms with E-state index >= 15 is 0 Å². The van der Waals surface area contributed by atoms with Crippen molar-refractivity contribution in [2.45, 2.75) is 59.0 Å². The largest absolute Gasteiger partial charge is 0.377 e. The molecule has 1 aromatic carbocycles. The molecule has 122 valence electrons. The third kappa shape index (κ3) is 5.13. The molecular formula is C19H29NO2. The van der Waals surface area contributed by atoms with E-state index in [2.05, 4.69) is 37.4 Å². The molecule has 0 spiro atoms. The van der Waals surface area contributed by atoms with E-state index < -0.39 is 0 Å². The van der Waals surface area contributed by atoms with Gasteiger partial charge >= 0.3 is 0 Å². The Bertz CT molecular complexity index is 506. The van der Waals surface area contributed by atoms with Gasteiger partial charge in [0, 0.05) is 13.0 Å². The van der Waals surface area contributed by atoms with Gasteiger partial charge in [0.15, 0.2) is 0 Å². The normalized spacial score (nSPS) is 15.9. The molecule has 0 heterocycles. The molecule has 1 aliphatic carbocycles. The maximum atomic E-state index is 12.2. The van der Waals surface area contributed by atoms with Crippen LogP contribution in [0.1, 0.15) is 55.7 Å². The summed E-state index contributed by atoms with van der Waals surface area (Å²) in [6.07, 6.45) is 3.31. The van der Waals surface area contributed by atoms with E-state index in [9.17, 15) is 4.79 Å². The Morgan fingerprint density at radius 3 is 2.59 bits per heavy atom. The highest BCUT2D eigenvalue weighted by molar-refractivity contribution is 5.77. The third-order valence-corrected chi connectivity index (χ3v) is 4.43. The van der Waals surface area contributed by atoms with Crippen molar-refractivity contribution in [3.05, 3.63) is 34.9 Å². The maximum absolute atomic E-state index is 12.2. The Labute approximate surface area is 134 Å². The van der Waals surface area contributed by atoms with Crippen molar-refractivity contribution in [1.29, 1.82) is 0 Å². The van der Waals surface area contributed by atoms with Crippen LogP contribution in [-0.4, -0.2) is 25.2 Å². The number of ether oxygens (including phenoxy) is 1. The van der Waals surface area contributed by atoms with Crippen molar-refractivity contribution in [2.24, 2.45) is 5.92 Å². The van der Waals surface area contributed by atoms with E-state index in [1.54, 1.807) is 0 Å². The summed E-state index contributed by atoms with van der Waals surface area (Å²) in [4.78, 5) is 12.2. The van der Waals surface area contributed by atoms with Crippen molar-refractivity contribution < 1.29 is 9.53 Å². The fourth-order valence-electron chi connectivity index (χ4n) is 2.81. The van der Waals surface area contributed by atoms with E-state index in [4.69, 9.17) is 4.74 Å². The van der Waals surface area contributed by atoms with Gasteiger partial charge < -0.3 is 10.1 Å². The molecule has 0 bridgehead atoms. The first-order chi connectivity index (χ1) is 10.5. The van der Waals surface area contributed by atoms with Gasteiger partial charge in [-0.05, 0) is 69.1 Å². The van der Waals surface area contributed by atoms with Crippen LogP contribution in [0.15, 0.2) is 18.2 Å². The third-order valence-electron chi connectivity index (χ3n) is 4.43. The Balaban J connectivity index is 1.89. The van der Waals surface area contributed by atoms with E-state index in [1.807, 2.05) is 13.8 Å². The zero-order chi connectivity index (χ0) is 16.1. The lowest BCUT2D eigenvalue weighted by atomic mass is 9.89. The number of hydrogen-bond donors (Lipinski definition) is 1. The minimum atomic E-state index is 0.141. The molecule has 3 nitrogen and oxygen atoms in total. The van der Waals surface area contributed by atoms with Crippen LogP contribution in [0.4, 0.5) is 0 Å². The van der Waals surface area contributed by atoms with E-state index in [0.29, 0.717) is 31.4 Å². The van der Waals surface area contributed by atoms with Gasteiger partial charge in [0.25, 0.3) is 0 Å². The predicted octanol–water partition coefficient (Wildman–Crippen LogP) is 3.73. The van der Waals surface area contributed by atoms with Gasteiger partial charge in [0.05, 0.1) is 12.7 Å². The molecule has 22 heavy (non-hydrogen) atoms. The lowest BCUT2D eigenvalue weighted by molar-refractivity contribution is -0.121. The van der Waals surface area contributed by atoms with Gasteiger partial charge in [0.1, 0.15) is 0 Å². The topological polar surface area (TPSA) is 38.3 Å². The minimum Gasteiger partial charge on any atom is -0.377 e. The average Bonchev–Trinajstić information content (AvgIpc) is 3.28. The summed E-state index contributed by atoms with van der Waals surface area (Å²) in [6.45, 7) is 9.47. The second-order valence-corrected chi connectivity index (χ2v) is 6.76. The highest BCUT2D eigenvalue weighted by Gasteiger charge is 2.33. The van der Waals surface area contributed by atoms with Crippen LogP contribution in [0.25, 0.3) is 0 Å². The standard InChI is InChI=1S/C19H29NO2/c1-13(2)22-10-9-20-19(21)12-18(16-7-8-16)17-6-5-14(3)15(4)11-17/h5-6,11,13,16,18H,7-10,12H2,1-4H3,(H,20,21). The second-order valence-electron chi connectivity index (χ2n) is 6.76. The average molecular weight is 303 g/mol. The van der Waals surface area contributed by atoms with Gasteiger partial charge in [0.2, 0.25) is 5.91 Å². The molecule has 1 aromatic rings. The molecule has 1 aliphatic rings. The number of benzene rings is 1. The van der Waals surface area contributed by atoms with Gasteiger partial charge in [-0.1, -0.05) is 18.2 Å². The van der Waals surface area contributed by atoms with Gasteiger partial charge in [-0.2, -0.15) is 0 Å². The zero-order valence-corrected chi connectivity index (χ0v) is 14.3. The SMILES string of the molecule is Cc1ccc(C(CC(=O)NCCOC(C)C)C2CC2)cc1C. The van der Waals surface area contributed by atoms with E-state index in [-0.39, 0.29) is 12.0 Å². The van der Waals surface area contributed by atoms with Crippen molar-refractivity contribution in [1.82, 2.24) is 5.32 Å². The zero-order valence-electron chi connectivity index (χ0n) is 14.3. The summed E-state index contributed by atoms with van der Waals surface area (Å²) in [5.41, 5.74) is 3.95. The lowest BCUT2D eigenvalue weighted by Gasteiger charge is -2.18. The quantitative estimate of drug-likeness (QED) is 0.743. The first-order valence-electron chi connectivity index (χ1n) is 8.43. The molecule has 0 radical (unpaired) electrons. The van der Waals surface area contributed by atoms with Crippen molar-refractivity contribution in [3.63, 3.8) is 0 Å². The summed E-state index contributed by atoms with van der Waals surface area (Å²) in [5, 5.41) is 2.98. The van der Waals surface area contributed by atoms with Crippen LogP contribution < -0.4 is 5.32 Å². The van der Waals surface area contributed by atoms with Crippen LogP contribution >= 0.6 is 0 Å². The van der Waals surface area contributed by atoms with Crippen LogP contribution in [0.5, 0.6) is 0 Å². The van der Waals surface area contributed by atoms with Crippen LogP contribution in [0.3, 0.4) is 0 Å². The van der Waals surface area contributed by atoms with Gasteiger partial charge in [-0.15, -0.1) is 0 Å². The van der Waals surface area contributed by atoms with Crippen molar-refractivity contribution >= 4 is 5.91 Å². The molecule has 1 unspecified atom stereocenters. The predicted molar refractivity (Wildman–Crippen MR) is 90.1 cm³/mol. The number of rotatable bonds is 8. The molecule has 1 N–H and O–H groups in total. The van der Waals surface area contributed by atoms with Crippen molar-refractivity contribution in [3.8, 4) is 0 Å². The fourth-order valence-corrected chi connectivity index (χ4v) is 2.81. The second kappa shape index (κ2) is 7.77. The van der Waals surface area contributed by atoms with Crippen molar-refractivity contribution in [2.75, 3.05) is 13.2 Å². The van der Waals surface area contributed by atoms with Crippen LogP contribution in [0.2, 0.25) is 0 Å². The Hall–Kier alpha value is -1.35. The molecule has 1 fully saturated rings. The summed E-state index contributed by atoms with van der Waals surface area (Å²) in [6, 6.07) is 6.63. The summed E-state index contributed by atoms with van der Waals surface area (Å²) < 4.78 is 5.46. The highest BCUT2D eigenvalue weighted by atomic mass is 16.5. The van der Waals surface area contributed by atoms with E-state index in [1.165, 1.54) is 29.5 Å². The molecule has 0 saturated heterocycles. The minimum absolute atomic E-state index is 0.141. The summed E-state index contributed by atoms with van der Waals surface area (Å²) in [7, 11) is 0. The number of aryl methyl sites for hydroxylation is 2. The van der Waals surface area contributed by atoms with Gasteiger partial charge in [-0.25, -0.2) is 0 Å².